The van der Waals surface area contributed by atoms with Gasteiger partial charge in [-0.05, 0) is 117 Å². The molecule has 4 nitrogen and oxygen atoms in total. The molecule has 0 bridgehead atoms. The predicted octanol–water partition coefficient (Wildman–Crippen LogP) is 8.08. The van der Waals surface area contributed by atoms with E-state index in [0.717, 1.165) is 47.5 Å². The predicted molar refractivity (Wildman–Crippen MR) is 160 cm³/mol. The zero-order valence-electron chi connectivity index (χ0n) is 25.7. The number of aliphatic hydroxyl groups is 2. The van der Waals surface area contributed by atoms with E-state index in [2.05, 4.69) is 65.6 Å². The first-order valence-electron chi connectivity index (χ1n) is 16.3. The number of rotatable bonds is 6. The first-order valence-corrected chi connectivity index (χ1v) is 16.3. The summed E-state index contributed by atoms with van der Waals surface area (Å²) in [6, 6.07) is 4.42. The second-order valence-corrected chi connectivity index (χ2v) is 15.6. The minimum absolute atomic E-state index is 0.0462. The highest BCUT2D eigenvalue weighted by atomic mass is 16.3. The average Bonchev–Trinajstić information content (AvgIpc) is 3.47. The maximum Gasteiger partial charge on any atom is 0.113 e. The van der Waals surface area contributed by atoms with Crippen molar-refractivity contribution in [2.75, 3.05) is 0 Å². The average molecular weight is 535 g/mol. The zero-order chi connectivity index (χ0) is 27.9. The largest absolute Gasteiger partial charge is 0.393 e. The Bertz CT molecular complexity index is 1180. The van der Waals surface area contributed by atoms with Gasteiger partial charge in [0.15, 0.2) is 0 Å². The Labute approximate surface area is 236 Å². The van der Waals surface area contributed by atoms with Crippen molar-refractivity contribution < 1.29 is 10.2 Å². The number of imidazole rings is 1. The molecule has 2 aromatic rings. The van der Waals surface area contributed by atoms with Crippen molar-refractivity contribution in [1.29, 1.82) is 0 Å². The van der Waals surface area contributed by atoms with Crippen LogP contribution in [0.3, 0.4) is 0 Å². The van der Waals surface area contributed by atoms with Gasteiger partial charge in [-0.2, -0.15) is 0 Å². The highest BCUT2D eigenvalue weighted by molar-refractivity contribution is 5.77. The van der Waals surface area contributed by atoms with Gasteiger partial charge in [0.05, 0.1) is 22.7 Å². The molecule has 1 aromatic heterocycles. The Hall–Kier alpha value is -1.39. The number of aliphatic hydroxyl groups excluding tert-OH is 1. The number of nitrogens with one attached hydrogen (secondary N) is 1. The van der Waals surface area contributed by atoms with Crippen LogP contribution in [0.15, 0.2) is 12.1 Å². The molecule has 4 unspecified atom stereocenters. The maximum atomic E-state index is 12.8. The van der Waals surface area contributed by atoms with Crippen LogP contribution in [0.25, 0.3) is 11.0 Å². The topological polar surface area (TPSA) is 69.1 Å². The molecule has 0 aliphatic heterocycles. The summed E-state index contributed by atoms with van der Waals surface area (Å²) >= 11 is 0. The highest BCUT2D eigenvalue weighted by Gasteiger charge is 2.73. The van der Waals surface area contributed by atoms with Crippen molar-refractivity contribution >= 4 is 11.0 Å². The number of fused-ring (bicyclic) bond motifs is 6. The Morgan fingerprint density at radius 3 is 2.46 bits per heavy atom. The van der Waals surface area contributed by atoms with E-state index in [-0.39, 0.29) is 11.3 Å². The van der Waals surface area contributed by atoms with Crippen LogP contribution < -0.4 is 0 Å². The molecule has 0 amide bonds. The molecule has 1 aromatic carbocycles. The molecule has 216 valence electrons. The van der Waals surface area contributed by atoms with E-state index in [0.29, 0.717) is 29.6 Å². The van der Waals surface area contributed by atoms with Crippen LogP contribution >= 0.6 is 0 Å². The van der Waals surface area contributed by atoms with Gasteiger partial charge in [0.2, 0.25) is 0 Å². The minimum atomic E-state index is -0.926. The van der Waals surface area contributed by atoms with Crippen molar-refractivity contribution in [2.24, 2.45) is 46.3 Å². The summed E-state index contributed by atoms with van der Waals surface area (Å²) in [6.45, 7) is 16.5. The van der Waals surface area contributed by atoms with Gasteiger partial charge in [-0.1, -0.05) is 53.9 Å². The third kappa shape index (κ3) is 4.09. The fourth-order valence-corrected chi connectivity index (χ4v) is 11.0. The van der Waals surface area contributed by atoms with E-state index in [1.165, 1.54) is 56.1 Å². The molecular weight excluding hydrogens is 480 g/mol. The quantitative estimate of drug-likeness (QED) is 0.351. The lowest BCUT2D eigenvalue weighted by Crippen LogP contribution is -2.53. The molecule has 3 N–H and O–H groups in total. The first-order chi connectivity index (χ1) is 18.4. The van der Waals surface area contributed by atoms with Crippen LogP contribution in [0.4, 0.5) is 0 Å². The molecule has 1 heterocycles. The lowest BCUT2D eigenvalue weighted by atomic mass is 9.53. The van der Waals surface area contributed by atoms with Crippen molar-refractivity contribution in [1.82, 2.24) is 9.97 Å². The van der Waals surface area contributed by atoms with Crippen LogP contribution in [-0.4, -0.2) is 31.9 Å². The van der Waals surface area contributed by atoms with Gasteiger partial charge < -0.3 is 15.2 Å². The van der Waals surface area contributed by atoms with E-state index in [9.17, 15) is 10.2 Å². The fraction of sp³-hybridized carbons (Fsp3) is 0.800. The summed E-state index contributed by atoms with van der Waals surface area (Å²) in [5.41, 5.74) is 3.86. The van der Waals surface area contributed by atoms with Crippen LogP contribution in [0.5, 0.6) is 0 Å². The first kappa shape index (κ1) is 27.8. The molecule has 4 aliphatic carbocycles. The molecule has 4 aliphatic rings. The molecule has 4 fully saturated rings. The van der Waals surface area contributed by atoms with Crippen molar-refractivity contribution in [2.45, 2.75) is 130 Å². The number of aryl methyl sites for hydroxylation is 2. The van der Waals surface area contributed by atoms with E-state index in [1.807, 2.05) is 0 Å². The third-order valence-corrected chi connectivity index (χ3v) is 13.2. The van der Waals surface area contributed by atoms with Gasteiger partial charge in [-0.25, -0.2) is 4.98 Å². The summed E-state index contributed by atoms with van der Waals surface area (Å²) in [5, 5.41) is 23.8. The molecule has 0 spiro atoms. The molecule has 0 saturated heterocycles. The van der Waals surface area contributed by atoms with E-state index >= 15 is 0 Å². The molecular formula is C35H54N2O2. The van der Waals surface area contributed by atoms with Gasteiger partial charge in [0, 0.05) is 17.8 Å². The van der Waals surface area contributed by atoms with Crippen molar-refractivity contribution in [3.8, 4) is 0 Å². The molecule has 10 atom stereocenters. The molecule has 39 heavy (non-hydrogen) atoms. The van der Waals surface area contributed by atoms with E-state index < -0.39 is 11.7 Å². The number of H-pyrrole nitrogens is 1. The molecule has 4 heteroatoms. The number of hydrogen-bond acceptors (Lipinski definition) is 3. The smallest absolute Gasteiger partial charge is 0.113 e. The van der Waals surface area contributed by atoms with Gasteiger partial charge in [-0.3, -0.25) is 0 Å². The SMILES string of the molecule is Cc1cc2nc([C@@H]3C4C5CCC([C@H](C)CCCC(C)C)[C@@]5(C)CCC4[C@@]4(C)CC[C@H](O)C[C@@]34O)[nH]c2cc1C. The molecule has 4 saturated carbocycles. The van der Waals surface area contributed by atoms with Crippen LogP contribution in [-0.2, 0) is 0 Å². The van der Waals surface area contributed by atoms with Crippen molar-refractivity contribution in [3.63, 3.8) is 0 Å². The second kappa shape index (κ2) is 9.58. The van der Waals surface area contributed by atoms with E-state index in [1.54, 1.807) is 0 Å². The van der Waals surface area contributed by atoms with E-state index in [4.69, 9.17) is 4.98 Å². The number of aromatic nitrogens is 2. The second-order valence-electron chi connectivity index (χ2n) is 15.6. The van der Waals surface area contributed by atoms with Gasteiger partial charge in [-0.15, -0.1) is 0 Å². The normalized spacial score (nSPS) is 42.5. The lowest BCUT2D eigenvalue weighted by molar-refractivity contribution is -0.141. The Kier molecular flexibility index (Phi) is 6.82. The lowest BCUT2D eigenvalue weighted by Gasteiger charge is -2.52. The standard InChI is InChI=1S/C35H54N2O2/c1-20(2)9-8-10-21(3)25-11-12-26-30-27(14-15-33(25,26)6)34(7)16-13-24(38)19-35(34,39)31(30)32-36-28-17-22(4)23(5)18-29(28)37-32/h17-18,20-21,24-27,30-31,38-39H,8-16,19H2,1-7H3,(H,36,37)/t21-,24+,25?,26?,27?,30?,31+,33-,34-,35-/m1/s1. The number of hydrogen-bond donors (Lipinski definition) is 3. The summed E-state index contributed by atoms with van der Waals surface area (Å²) in [4.78, 5) is 8.97. The number of nitrogens with zero attached hydrogens (tertiary/aromatic N) is 1. The Morgan fingerprint density at radius 1 is 0.974 bits per heavy atom. The van der Waals surface area contributed by atoms with Gasteiger partial charge >= 0.3 is 0 Å². The number of benzene rings is 1. The Balaban J connectivity index is 1.41. The minimum Gasteiger partial charge on any atom is -0.393 e. The van der Waals surface area contributed by atoms with Crippen LogP contribution in [0.2, 0.25) is 0 Å². The summed E-state index contributed by atoms with van der Waals surface area (Å²) in [5.74, 6) is 4.76. The third-order valence-electron chi connectivity index (χ3n) is 13.2. The van der Waals surface area contributed by atoms with Gasteiger partial charge in [0.25, 0.3) is 0 Å². The molecule has 6 rings (SSSR count). The highest BCUT2D eigenvalue weighted by Crippen LogP contribution is 2.75. The maximum absolute atomic E-state index is 12.8. The van der Waals surface area contributed by atoms with Gasteiger partial charge in [0.1, 0.15) is 5.82 Å². The summed E-state index contributed by atoms with van der Waals surface area (Å²) in [6.07, 6.45) is 10.9. The van der Waals surface area contributed by atoms with Crippen molar-refractivity contribution in [3.05, 3.63) is 29.1 Å². The summed E-state index contributed by atoms with van der Waals surface area (Å²) in [7, 11) is 0. The molecule has 0 radical (unpaired) electrons. The van der Waals surface area contributed by atoms with Crippen LogP contribution in [0.1, 0.15) is 122 Å². The van der Waals surface area contributed by atoms with Crippen LogP contribution in [0, 0.1) is 60.2 Å². The number of aromatic amines is 1. The fourth-order valence-electron chi connectivity index (χ4n) is 11.0. The summed E-state index contributed by atoms with van der Waals surface area (Å²) < 4.78 is 0. The zero-order valence-corrected chi connectivity index (χ0v) is 25.7. The Morgan fingerprint density at radius 2 is 1.72 bits per heavy atom. The monoisotopic (exact) mass is 534 g/mol.